The molecule has 0 bridgehead atoms. The summed E-state index contributed by atoms with van der Waals surface area (Å²) in [5.41, 5.74) is 5.84. The molecule has 0 aromatic carbocycles. The maximum absolute atomic E-state index is 11.9. The lowest BCUT2D eigenvalue weighted by Crippen LogP contribution is -2.47. The Morgan fingerprint density at radius 2 is 2.00 bits per heavy atom. The molecule has 6 heteroatoms. The Morgan fingerprint density at radius 3 is 2.55 bits per heavy atom. The van der Waals surface area contributed by atoms with E-state index in [4.69, 9.17) is 10.5 Å². The lowest BCUT2D eigenvalue weighted by molar-refractivity contribution is -0.149. The molecule has 0 radical (unpaired) electrons. The first-order chi connectivity index (χ1) is 9.58. The van der Waals surface area contributed by atoms with Crippen LogP contribution in [0.2, 0.25) is 0 Å². The minimum absolute atomic E-state index is 0.00623. The van der Waals surface area contributed by atoms with Gasteiger partial charge in [0.05, 0.1) is 18.6 Å². The number of carbonyl (C=O) groups is 2. The fourth-order valence-electron chi connectivity index (χ4n) is 2.42. The van der Waals surface area contributed by atoms with Crippen molar-refractivity contribution in [1.82, 2.24) is 5.32 Å². The molecule has 20 heavy (non-hydrogen) atoms. The average Bonchev–Trinajstić information content (AvgIpc) is 2.45. The minimum Gasteiger partial charge on any atom is -0.466 e. The van der Waals surface area contributed by atoms with Crippen molar-refractivity contribution >= 4 is 23.6 Å². The summed E-state index contributed by atoms with van der Waals surface area (Å²) in [6, 6.07) is -0.279. The van der Waals surface area contributed by atoms with Gasteiger partial charge in [0.15, 0.2) is 0 Å². The van der Waals surface area contributed by atoms with Crippen molar-refractivity contribution in [3.63, 3.8) is 0 Å². The molecule has 0 spiro atoms. The van der Waals surface area contributed by atoms with Crippen LogP contribution in [0.5, 0.6) is 0 Å². The topological polar surface area (TPSA) is 81.4 Å². The second-order valence-corrected chi connectivity index (χ2v) is 6.18. The van der Waals surface area contributed by atoms with Crippen molar-refractivity contribution in [2.45, 2.75) is 51.1 Å². The van der Waals surface area contributed by atoms with Crippen LogP contribution in [0.25, 0.3) is 0 Å². The highest BCUT2D eigenvalue weighted by Gasteiger charge is 2.28. The molecule has 0 aromatic rings. The number of amides is 1. The number of nitrogens with two attached hydrogens (primary N) is 1. The zero-order valence-electron chi connectivity index (χ0n) is 12.4. The van der Waals surface area contributed by atoms with Crippen LogP contribution in [0.15, 0.2) is 0 Å². The van der Waals surface area contributed by atoms with Crippen molar-refractivity contribution in [3.8, 4) is 0 Å². The number of rotatable bonds is 7. The smallest absolute Gasteiger partial charge is 0.308 e. The second-order valence-electron chi connectivity index (χ2n) is 5.20. The molecule has 1 aliphatic rings. The number of esters is 1. The van der Waals surface area contributed by atoms with Gasteiger partial charge in [-0.2, -0.15) is 11.8 Å². The predicted molar refractivity (Wildman–Crippen MR) is 81.5 cm³/mol. The van der Waals surface area contributed by atoms with Gasteiger partial charge in [-0.3, -0.25) is 9.59 Å². The van der Waals surface area contributed by atoms with E-state index in [0.717, 1.165) is 31.4 Å². The number of thioether (sulfide) groups is 1. The molecule has 0 aliphatic heterocycles. The summed E-state index contributed by atoms with van der Waals surface area (Å²) >= 11 is 1.69. The second kappa shape index (κ2) is 9.23. The van der Waals surface area contributed by atoms with E-state index in [1.165, 1.54) is 0 Å². The number of carbonyl (C=O) groups excluding carboxylic acids is 2. The normalized spacial score (nSPS) is 23.9. The van der Waals surface area contributed by atoms with Crippen LogP contribution >= 0.6 is 11.8 Å². The molecule has 1 aliphatic carbocycles. The first-order valence-electron chi connectivity index (χ1n) is 7.30. The molecule has 1 amide bonds. The molecule has 1 saturated carbocycles. The molecule has 0 saturated heterocycles. The van der Waals surface area contributed by atoms with Gasteiger partial charge in [0.25, 0.3) is 0 Å². The minimum atomic E-state index is -0.426. The lowest BCUT2D eigenvalue weighted by atomic mass is 9.86. The van der Waals surface area contributed by atoms with Crippen LogP contribution in [0.3, 0.4) is 0 Å². The Kier molecular flexibility index (Phi) is 7.99. The highest BCUT2D eigenvalue weighted by atomic mass is 32.2. The fourth-order valence-corrected chi connectivity index (χ4v) is 2.91. The van der Waals surface area contributed by atoms with E-state index >= 15 is 0 Å². The Labute approximate surface area is 125 Å². The zero-order chi connectivity index (χ0) is 15.0. The number of ether oxygens (including phenoxy) is 1. The summed E-state index contributed by atoms with van der Waals surface area (Å²) < 4.78 is 5.03. The first kappa shape index (κ1) is 17.3. The van der Waals surface area contributed by atoms with E-state index in [1.54, 1.807) is 11.8 Å². The van der Waals surface area contributed by atoms with Crippen molar-refractivity contribution < 1.29 is 14.3 Å². The van der Waals surface area contributed by atoms with E-state index < -0.39 is 6.04 Å². The third-order valence-corrected chi connectivity index (χ3v) is 4.31. The maximum atomic E-state index is 11.9. The fraction of sp³-hybridized carbons (Fsp3) is 0.857. The third kappa shape index (κ3) is 5.71. The molecule has 0 unspecified atom stereocenters. The van der Waals surface area contributed by atoms with Crippen LogP contribution in [0.4, 0.5) is 0 Å². The lowest BCUT2D eigenvalue weighted by Gasteiger charge is -2.28. The SMILES string of the molecule is CCOC(=O)C1CCC(NC(=O)[C@@H](N)CCSC)CC1. The third-order valence-electron chi connectivity index (χ3n) is 3.66. The van der Waals surface area contributed by atoms with Gasteiger partial charge in [-0.25, -0.2) is 0 Å². The van der Waals surface area contributed by atoms with Gasteiger partial charge in [-0.05, 0) is 51.0 Å². The molecule has 1 atom stereocenters. The van der Waals surface area contributed by atoms with E-state index in [-0.39, 0.29) is 23.8 Å². The Balaban J connectivity index is 2.28. The van der Waals surface area contributed by atoms with Gasteiger partial charge >= 0.3 is 5.97 Å². The van der Waals surface area contributed by atoms with Gasteiger partial charge < -0.3 is 15.8 Å². The van der Waals surface area contributed by atoms with Crippen LogP contribution in [0.1, 0.15) is 39.0 Å². The number of hydrogen-bond acceptors (Lipinski definition) is 5. The summed E-state index contributed by atoms with van der Waals surface area (Å²) in [5.74, 6) is 0.713. The monoisotopic (exact) mass is 302 g/mol. The van der Waals surface area contributed by atoms with Crippen LogP contribution in [-0.2, 0) is 14.3 Å². The standard InChI is InChI=1S/C14H26N2O3S/c1-3-19-14(18)10-4-6-11(7-5-10)16-13(17)12(15)8-9-20-2/h10-12H,3-9,15H2,1-2H3,(H,16,17)/t10?,11?,12-/m0/s1. The molecule has 0 aromatic heterocycles. The summed E-state index contributed by atoms with van der Waals surface area (Å²) in [5, 5.41) is 2.99. The average molecular weight is 302 g/mol. The molecular formula is C14H26N2O3S. The predicted octanol–water partition coefficient (Wildman–Crippen LogP) is 1.30. The summed E-state index contributed by atoms with van der Waals surface area (Å²) in [7, 11) is 0. The summed E-state index contributed by atoms with van der Waals surface area (Å²) in [6.07, 6.45) is 5.91. The van der Waals surface area contributed by atoms with Crippen LogP contribution in [0, 0.1) is 5.92 Å². The Hall–Kier alpha value is -0.750. The van der Waals surface area contributed by atoms with Crippen LogP contribution < -0.4 is 11.1 Å². The Morgan fingerprint density at radius 1 is 1.35 bits per heavy atom. The molecule has 116 valence electrons. The first-order valence-corrected chi connectivity index (χ1v) is 8.69. The van der Waals surface area contributed by atoms with Gasteiger partial charge in [-0.1, -0.05) is 0 Å². The largest absolute Gasteiger partial charge is 0.466 e. The van der Waals surface area contributed by atoms with Crippen molar-refractivity contribution in [3.05, 3.63) is 0 Å². The van der Waals surface area contributed by atoms with Gasteiger partial charge in [0.2, 0.25) is 5.91 Å². The molecule has 0 heterocycles. The van der Waals surface area contributed by atoms with Crippen molar-refractivity contribution in [1.29, 1.82) is 0 Å². The molecule has 3 N–H and O–H groups in total. The van der Waals surface area contributed by atoms with E-state index in [1.807, 2.05) is 13.2 Å². The molecule has 1 rings (SSSR count). The van der Waals surface area contributed by atoms with Crippen molar-refractivity contribution in [2.24, 2.45) is 11.7 Å². The highest BCUT2D eigenvalue weighted by molar-refractivity contribution is 7.98. The summed E-state index contributed by atoms with van der Waals surface area (Å²) in [4.78, 5) is 23.5. The van der Waals surface area contributed by atoms with E-state index in [2.05, 4.69) is 5.32 Å². The maximum Gasteiger partial charge on any atom is 0.308 e. The summed E-state index contributed by atoms with van der Waals surface area (Å²) in [6.45, 7) is 2.25. The quantitative estimate of drug-likeness (QED) is 0.693. The van der Waals surface area contributed by atoms with Crippen molar-refractivity contribution in [2.75, 3.05) is 18.6 Å². The number of nitrogens with one attached hydrogen (secondary N) is 1. The molecule has 5 nitrogen and oxygen atoms in total. The number of hydrogen-bond donors (Lipinski definition) is 2. The zero-order valence-corrected chi connectivity index (χ0v) is 13.2. The van der Waals surface area contributed by atoms with Gasteiger partial charge in [-0.15, -0.1) is 0 Å². The Bertz CT molecular complexity index is 318. The van der Waals surface area contributed by atoms with E-state index in [0.29, 0.717) is 13.0 Å². The molecular weight excluding hydrogens is 276 g/mol. The molecule has 1 fully saturated rings. The van der Waals surface area contributed by atoms with Crippen LogP contribution in [-0.4, -0.2) is 42.6 Å². The van der Waals surface area contributed by atoms with E-state index in [9.17, 15) is 9.59 Å². The highest BCUT2D eigenvalue weighted by Crippen LogP contribution is 2.25. The van der Waals surface area contributed by atoms with Gasteiger partial charge in [0, 0.05) is 6.04 Å². The van der Waals surface area contributed by atoms with Gasteiger partial charge in [0.1, 0.15) is 0 Å².